The highest BCUT2D eigenvalue weighted by Crippen LogP contribution is 2.13. The third kappa shape index (κ3) is 15.5. The van der Waals surface area contributed by atoms with E-state index in [1.807, 2.05) is 24.3 Å². The topological polar surface area (TPSA) is 64.6 Å². The van der Waals surface area contributed by atoms with Crippen LogP contribution in [0.3, 0.4) is 0 Å². The van der Waals surface area contributed by atoms with Gasteiger partial charge < -0.3 is 43.3 Å². The number of quaternary nitrogens is 1. The lowest BCUT2D eigenvalue weighted by molar-refractivity contribution is -0.870. The zero-order valence-corrected chi connectivity index (χ0v) is 21.2. The van der Waals surface area contributed by atoms with Crippen molar-refractivity contribution in [3.8, 4) is 5.75 Å². The van der Waals surface area contributed by atoms with Crippen molar-refractivity contribution in [2.45, 2.75) is 51.9 Å². The molecule has 0 atom stereocenters. The molecule has 0 saturated heterocycles. The monoisotopic (exact) mass is 534 g/mol. The Labute approximate surface area is 199 Å². The average Bonchev–Trinajstić information content (AvgIpc) is 2.65. The van der Waals surface area contributed by atoms with Gasteiger partial charge in [-0.2, -0.15) is 0 Å². The average molecular weight is 534 g/mol. The fraction of sp³-hybridized carbons (Fsp3) is 0.652. The predicted molar refractivity (Wildman–Crippen MR) is 116 cm³/mol. The molecule has 1 aromatic carbocycles. The van der Waals surface area contributed by atoms with Gasteiger partial charge in [0.25, 0.3) is 0 Å². The van der Waals surface area contributed by atoms with Crippen LogP contribution in [0.4, 0.5) is 0 Å². The van der Waals surface area contributed by atoms with Crippen LogP contribution in [-0.4, -0.2) is 63.8 Å². The number of rotatable bonds is 15. The van der Waals surface area contributed by atoms with Gasteiger partial charge in [-0.15, -0.1) is 0 Å². The highest BCUT2D eigenvalue weighted by atomic mass is 127. The Morgan fingerprint density at radius 3 is 2.30 bits per heavy atom. The second-order valence-corrected chi connectivity index (χ2v) is 8.42. The zero-order chi connectivity index (χ0) is 21.5. The van der Waals surface area contributed by atoms with E-state index in [0.717, 1.165) is 61.1 Å². The third-order valence-electron chi connectivity index (χ3n) is 4.46. The third-order valence-corrected chi connectivity index (χ3v) is 4.46. The molecule has 0 aromatic heterocycles. The first kappa shape index (κ1) is 28.6. The molecule has 0 fully saturated rings. The summed E-state index contributed by atoms with van der Waals surface area (Å²) in [5.41, 5.74) is 0.974. The summed E-state index contributed by atoms with van der Waals surface area (Å²) in [6.45, 7) is 4.77. The number of nitrogens with one attached hydrogen (secondary N) is 1. The molecule has 0 radical (unpaired) electrons. The number of unbranched alkanes of at least 4 members (excludes halogenated alkanes) is 3. The minimum atomic E-state index is -0.135. The Hall–Kier alpha value is -1.35. The summed E-state index contributed by atoms with van der Waals surface area (Å²) in [6, 6.07) is 7.70. The van der Waals surface area contributed by atoms with E-state index in [2.05, 4.69) is 33.4 Å². The summed E-state index contributed by atoms with van der Waals surface area (Å²) in [4.78, 5) is 23.7. The number of esters is 1. The van der Waals surface area contributed by atoms with Crippen LogP contribution in [0.1, 0.15) is 51.0 Å². The van der Waals surface area contributed by atoms with Crippen molar-refractivity contribution in [3.05, 3.63) is 29.8 Å². The fourth-order valence-corrected chi connectivity index (χ4v) is 2.59. The maximum absolute atomic E-state index is 12.0. The summed E-state index contributed by atoms with van der Waals surface area (Å²) in [6.07, 6.45) is 5.52. The molecule has 7 heteroatoms. The number of likely N-dealkylation sites (N-methyl/N-ethyl adjacent to an activating group) is 1. The number of halogens is 1. The van der Waals surface area contributed by atoms with Gasteiger partial charge in [-0.3, -0.25) is 9.59 Å². The summed E-state index contributed by atoms with van der Waals surface area (Å²) < 4.78 is 11.6. The smallest absolute Gasteiger partial charge is 0.305 e. The van der Waals surface area contributed by atoms with Crippen molar-refractivity contribution >= 4 is 11.9 Å². The van der Waals surface area contributed by atoms with Gasteiger partial charge in [0.15, 0.2) is 0 Å². The molecule has 6 nitrogen and oxygen atoms in total. The largest absolute Gasteiger partial charge is 1.00 e. The van der Waals surface area contributed by atoms with Crippen molar-refractivity contribution < 1.29 is 47.5 Å². The van der Waals surface area contributed by atoms with Gasteiger partial charge in [-0.25, -0.2) is 0 Å². The summed E-state index contributed by atoms with van der Waals surface area (Å²) in [5.74, 6) is 0.729. The molecule has 0 unspecified atom stereocenters. The van der Waals surface area contributed by atoms with E-state index in [0.29, 0.717) is 26.0 Å². The molecule has 1 amide bonds. The van der Waals surface area contributed by atoms with Crippen LogP contribution in [0.5, 0.6) is 5.75 Å². The van der Waals surface area contributed by atoms with Gasteiger partial charge >= 0.3 is 5.97 Å². The first-order valence-electron chi connectivity index (χ1n) is 10.7. The molecule has 0 saturated carbocycles. The molecule has 0 bridgehead atoms. The lowest BCUT2D eigenvalue weighted by atomic mass is 10.1. The van der Waals surface area contributed by atoms with E-state index in [9.17, 15) is 9.59 Å². The number of carbonyl (C=O) groups is 2. The number of ether oxygens (including phenoxy) is 2. The summed E-state index contributed by atoms with van der Waals surface area (Å²) in [7, 11) is 6.21. The first-order valence-corrected chi connectivity index (χ1v) is 10.7. The van der Waals surface area contributed by atoms with Crippen LogP contribution in [0, 0.1) is 0 Å². The molecule has 172 valence electrons. The maximum atomic E-state index is 12.0. The van der Waals surface area contributed by atoms with Crippen molar-refractivity contribution in [3.63, 3.8) is 0 Å². The van der Waals surface area contributed by atoms with Crippen molar-refractivity contribution in [1.82, 2.24) is 5.32 Å². The molecule has 0 aliphatic carbocycles. The first-order chi connectivity index (χ1) is 13.8. The molecule has 1 aromatic rings. The van der Waals surface area contributed by atoms with Gasteiger partial charge in [-0.1, -0.05) is 31.9 Å². The Morgan fingerprint density at radius 2 is 1.67 bits per heavy atom. The molecule has 1 rings (SSSR count). The molecular formula is C23H39IN2O4. The molecule has 30 heavy (non-hydrogen) atoms. The number of hydrogen-bond acceptors (Lipinski definition) is 4. The van der Waals surface area contributed by atoms with Gasteiger partial charge in [0.05, 0.1) is 34.2 Å². The van der Waals surface area contributed by atoms with E-state index in [1.165, 1.54) is 0 Å². The second kappa shape index (κ2) is 16.4. The minimum Gasteiger partial charge on any atom is -1.00 e. The van der Waals surface area contributed by atoms with Crippen LogP contribution in [0.15, 0.2) is 24.3 Å². The summed E-state index contributed by atoms with van der Waals surface area (Å²) >= 11 is 0. The lowest BCUT2D eigenvalue weighted by Crippen LogP contribution is -3.00. The highest BCUT2D eigenvalue weighted by molar-refractivity contribution is 5.78. The number of amides is 1. The normalized spacial score (nSPS) is 10.8. The number of hydrogen-bond donors (Lipinski definition) is 1. The van der Waals surface area contributed by atoms with Crippen molar-refractivity contribution in [2.24, 2.45) is 0 Å². The zero-order valence-electron chi connectivity index (χ0n) is 19.0. The van der Waals surface area contributed by atoms with E-state index in [-0.39, 0.29) is 35.9 Å². The van der Waals surface area contributed by atoms with E-state index in [4.69, 9.17) is 9.47 Å². The van der Waals surface area contributed by atoms with Gasteiger partial charge in [0.1, 0.15) is 18.9 Å². The van der Waals surface area contributed by atoms with Crippen LogP contribution in [0.2, 0.25) is 0 Å². The molecule has 0 aliphatic heterocycles. The van der Waals surface area contributed by atoms with Gasteiger partial charge in [-0.05, 0) is 37.0 Å². The molecule has 1 N–H and O–H groups in total. The SMILES string of the molecule is CCCCOc1ccc(CC(=O)NCCCCCC(=O)OCC[N+](C)(C)C)cc1.[I-]. The maximum Gasteiger partial charge on any atom is 0.305 e. The van der Waals surface area contributed by atoms with Gasteiger partial charge in [0.2, 0.25) is 5.91 Å². The lowest BCUT2D eigenvalue weighted by Gasteiger charge is -2.23. The molecule has 0 spiro atoms. The van der Waals surface area contributed by atoms with Crippen LogP contribution < -0.4 is 34.0 Å². The standard InChI is InChI=1S/C23H38N2O4.HI/c1-5-6-17-28-21-13-11-20(12-14-21)19-22(26)24-15-9-7-8-10-23(27)29-18-16-25(2,3)4;/h11-14H,5-10,15-19H2,1-4H3;1H. The Balaban J connectivity index is 0.00000841. The second-order valence-electron chi connectivity index (χ2n) is 8.42. The number of nitrogens with zero attached hydrogens (tertiary/aromatic N) is 1. The Morgan fingerprint density at radius 1 is 0.967 bits per heavy atom. The van der Waals surface area contributed by atoms with E-state index in [1.54, 1.807) is 0 Å². The molecular weight excluding hydrogens is 495 g/mol. The Bertz CT molecular complexity index is 600. The number of carbonyl (C=O) groups excluding carboxylic acids is 2. The van der Waals surface area contributed by atoms with Crippen LogP contribution >= 0.6 is 0 Å². The van der Waals surface area contributed by atoms with Crippen LogP contribution in [-0.2, 0) is 20.7 Å². The van der Waals surface area contributed by atoms with Crippen LogP contribution in [0.25, 0.3) is 0 Å². The van der Waals surface area contributed by atoms with Crippen molar-refractivity contribution in [2.75, 3.05) is 47.4 Å². The predicted octanol–water partition coefficient (Wildman–Crippen LogP) is 0.338. The molecule has 0 aliphatic rings. The van der Waals surface area contributed by atoms with Gasteiger partial charge in [0, 0.05) is 13.0 Å². The Kier molecular flexibility index (Phi) is 15.6. The highest BCUT2D eigenvalue weighted by Gasteiger charge is 2.09. The number of benzene rings is 1. The fourth-order valence-electron chi connectivity index (χ4n) is 2.59. The summed E-state index contributed by atoms with van der Waals surface area (Å²) in [5, 5.41) is 2.94. The van der Waals surface area contributed by atoms with E-state index < -0.39 is 0 Å². The quantitative estimate of drug-likeness (QED) is 0.153. The van der Waals surface area contributed by atoms with E-state index >= 15 is 0 Å². The molecule has 0 heterocycles. The minimum absolute atomic E-state index is 0. The van der Waals surface area contributed by atoms with Crippen molar-refractivity contribution in [1.29, 1.82) is 0 Å².